The van der Waals surface area contributed by atoms with Gasteiger partial charge in [-0.05, 0) is 35.7 Å². The van der Waals surface area contributed by atoms with Crippen molar-refractivity contribution in [3.63, 3.8) is 0 Å². The van der Waals surface area contributed by atoms with Gasteiger partial charge in [0.25, 0.3) is 0 Å². The molecule has 112 valence electrons. The third-order valence-corrected chi connectivity index (χ3v) is 3.17. The zero-order chi connectivity index (χ0) is 15.5. The van der Waals surface area contributed by atoms with Crippen molar-refractivity contribution in [1.29, 1.82) is 0 Å². The summed E-state index contributed by atoms with van der Waals surface area (Å²) in [7, 11) is 0. The molecular weight excluding hydrogens is 284 g/mol. The molecule has 1 unspecified atom stereocenters. The van der Waals surface area contributed by atoms with E-state index in [0.29, 0.717) is 11.1 Å². The number of aliphatic hydroxyl groups excluding tert-OH is 1. The van der Waals surface area contributed by atoms with Gasteiger partial charge in [-0.15, -0.1) is 0 Å². The van der Waals surface area contributed by atoms with Gasteiger partial charge in [-0.25, -0.2) is 4.39 Å². The van der Waals surface area contributed by atoms with Gasteiger partial charge in [-0.3, -0.25) is 0 Å². The average Bonchev–Trinajstić information content (AvgIpc) is 2.41. The topological polar surface area (TPSA) is 20.2 Å². The van der Waals surface area contributed by atoms with Crippen LogP contribution in [0.2, 0.25) is 0 Å². The molecule has 1 atom stereocenters. The highest BCUT2D eigenvalue weighted by atomic mass is 19.4. The van der Waals surface area contributed by atoms with E-state index < -0.39 is 23.7 Å². The molecule has 0 bridgehead atoms. The summed E-state index contributed by atoms with van der Waals surface area (Å²) in [6, 6.07) is 10.7. The number of rotatable bonds is 4. The highest BCUT2D eigenvalue weighted by Crippen LogP contribution is 2.29. The number of hydrogen-bond acceptors (Lipinski definition) is 1. The Morgan fingerprint density at radius 3 is 2.10 bits per heavy atom. The van der Waals surface area contributed by atoms with Crippen molar-refractivity contribution >= 4 is 0 Å². The average molecular weight is 298 g/mol. The van der Waals surface area contributed by atoms with E-state index in [9.17, 15) is 22.7 Å². The molecule has 2 aromatic rings. The van der Waals surface area contributed by atoms with Gasteiger partial charge in [0, 0.05) is 6.42 Å². The summed E-state index contributed by atoms with van der Waals surface area (Å²) in [5, 5.41) is 9.92. The van der Waals surface area contributed by atoms with E-state index in [0.717, 1.165) is 12.1 Å². The minimum Gasteiger partial charge on any atom is -0.392 e. The first-order valence-corrected chi connectivity index (χ1v) is 6.44. The van der Waals surface area contributed by atoms with Crippen LogP contribution >= 0.6 is 0 Å². The molecule has 0 saturated heterocycles. The van der Waals surface area contributed by atoms with E-state index in [1.807, 2.05) is 0 Å². The maximum atomic E-state index is 13.4. The van der Waals surface area contributed by atoms with Gasteiger partial charge in [-0.2, -0.15) is 13.2 Å². The summed E-state index contributed by atoms with van der Waals surface area (Å²) >= 11 is 0. The molecule has 0 aliphatic carbocycles. The van der Waals surface area contributed by atoms with Crippen LogP contribution in [0.4, 0.5) is 17.6 Å². The molecule has 1 nitrogen and oxygen atoms in total. The third-order valence-electron chi connectivity index (χ3n) is 3.17. The monoisotopic (exact) mass is 298 g/mol. The summed E-state index contributed by atoms with van der Waals surface area (Å²) in [6.07, 6.45) is -4.93. The molecule has 0 aliphatic rings. The Morgan fingerprint density at radius 1 is 0.905 bits per heavy atom. The summed E-state index contributed by atoms with van der Waals surface area (Å²) in [5.74, 6) is -0.399. The Labute approximate surface area is 119 Å². The molecule has 5 heteroatoms. The lowest BCUT2D eigenvalue weighted by Crippen LogP contribution is -2.15. The van der Waals surface area contributed by atoms with Crippen molar-refractivity contribution in [1.82, 2.24) is 0 Å². The Kier molecular flexibility index (Phi) is 4.63. The first kappa shape index (κ1) is 15.5. The zero-order valence-corrected chi connectivity index (χ0v) is 11.1. The fourth-order valence-corrected chi connectivity index (χ4v) is 2.09. The zero-order valence-electron chi connectivity index (χ0n) is 11.1. The summed E-state index contributed by atoms with van der Waals surface area (Å²) in [5.41, 5.74) is 0.235. The second-order valence-electron chi connectivity index (χ2n) is 4.85. The van der Waals surface area contributed by atoms with Gasteiger partial charge in [0.2, 0.25) is 0 Å². The van der Waals surface area contributed by atoms with Crippen LogP contribution in [0.1, 0.15) is 16.7 Å². The normalized spacial score (nSPS) is 13.2. The van der Waals surface area contributed by atoms with Crippen LogP contribution in [-0.4, -0.2) is 11.2 Å². The van der Waals surface area contributed by atoms with Crippen molar-refractivity contribution in [2.75, 3.05) is 0 Å². The van der Waals surface area contributed by atoms with Gasteiger partial charge in [0.05, 0.1) is 11.7 Å². The molecule has 1 N–H and O–H groups in total. The van der Waals surface area contributed by atoms with Crippen LogP contribution in [0.15, 0.2) is 48.5 Å². The first-order chi connectivity index (χ1) is 9.86. The van der Waals surface area contributed by atoms with Crippen LogP contribution in [0.25, 0.3) is 0 Å². The molecule has 0 fully saturated rings. The highest BCUT2D eigenvalue weighted by molar-refractivity contribution is 5.25. The van der Waals surface area contributed by atoms with Crippen molar-refractivity contribution in [3.8, 4) is 0 Å². The van der Waals surface area contributed by atoms with E-state index in [4.69, 9.17) is 0 Å². The summed E-state index contributed by atoms with van der Waals surface area (Å²) < 4.78 is 50.7. The molecule has 0 amide bonds. The number of hydrogen-bond donors (Lipinski definition) is 1. The van der Waals surface area contributed by atoms with Gasteiger partial charge in [0.15, 0.2) is 0 Å². The maximum Gasteiger partial charge on any atom is 0.416 e. The number of benzene rings is 2. The van der Waals surface area contributed by atoms with Gasteiger partial charge < -0.3 is 5.11 Å². The van der Waals surface area contributed by atoms with E-state index in [2.05, 4.69) is 0 Å². The minimum atomic E-state index is -4.37. The Hall–Kier alpha value is -1.88. The van der Waals surface area contributed by atoms with Crippen molar-refractivity contribution in [2.45, 2.75) is 25.1 Å². The third kappa shape index (κ3) is 4.29. The highest BCUT2D eigenvalue weighted by Gasteiger charge is 2.29. The van der Waals surface area contributed by atoms with E-state index in [1.54, 1.807) is 18.2 Å². The van der Waals surface area contributed by atoms with E-state index >= 15 is 0 Å². The van der Waals surface area contributed by atoms with E-state index in [1.165, 1.54) is 18.2 Å². The number of halogens is 4. The quantitative estimate of drug-likeness (QED) is 0.846. The van der Waals surface area contributed by atoms with Crippen LogP contribution < -0.4 is 0 Å². The molecule has 0 spiro atoms. The van der Waals surface area contributed by atoms with E-state index in [-0.39, 0.29) is 12.8 Å². The van der Waals surface area contributed by atoms with Gasteiger partial charge in [0.1, 0.15) is 5.82 Å². The fourth-order valence-electron chi connectivity index (χ4n) is 2.09. The van der Waals surface area contributed by atoms with Crippen molar-refractivity contribution in [3.05, 3.63) is 71.0 Å². The smallest absolute Gasteiger partial charge is 0.392 e. The molecule has 0 radical (unpaired) electrons. The minimum absolute atomic E-state index is 0.119. The van der Waals surface area contributed by atoms with Crippen LogP contribution in [0, 0.1) is 5.82 Å². The predicted octanol–water partition coefficient (Wildman–Crippen LogP) is 3.99. The van der Waals surface area contributed by atoms with Crippen LogP contribution in [-0.2, 0) is 19.0 Å². The standard InChI is InChI=1S/C16H14F4O/c17-15-4-2-1-3-12(15)10-14(21)9-11-5-7-13(8-6-11)16(18,19)20/h1-8,14,21H,9-10H2. The molecule has 2 rings (SSSR count). The van der Waals surface area contributed by atoms with Crippen molar-refractivity contribution < 1.29 is 22.7 Å². The molecule has 21 heavy (non-hydrogen) atoms. The fraction of sp³-hybridized carbons (Fsp3) is 0.250. The summed E-state index contributed by atoms with van der Waals surface area (Å²) in [6.45, 7) is 0. The number of alkyl halides is 3. The second-order valence-corrected chi connectivity index (χ2v) is 4.85. The molecule has 0 heterocycles. The molecule has 2 aromatic carbocycles. The Balaban J connectivity index is 2.00. The largest absolute Gasteiger partial charge is 0.416 e. The molecule has 0 aliphatic heterocycles. The molecule has 0 saturated carbocycles. The Bertz CT molecular complexity index is 590. The van der Waals surface area contributed by atoms with Crippen LogP contribution in [0.5, 0.6) is 0 Å². The number of aliphatic hydroxyl groups is 1. The molecular formula is C16H14F4O. The van der Waals surface area contributed by atoms with Crippen LogP contribution in [0.3, 0.4) is 0 Å². The Morgan fingerprint density at radius 2 is 1.52 bits per heavy atom. The second kappa shape index (κ2) is 6.26. The van der Waals surface area contributed by atoms with Gasteiger partial charge >= 0.3 is 6.18 Å². The summed E-state index contributed by atoms with van der Waals surface area (Å²) in [4.78, 5) is 0. The molecule has 0 aromatic heterocycles. The maximum absolute atomic E-state index is 13.4. The van der Waals surface area contributed by atoms with Crippen molar-refractivity contribution in [2.24, 2.45) is 0 Å². The lowest BCUT2D eigenvalue weighted by Gasteiger charge is -2.12. The lowest BCUT2D eigenvalue weighted by atomic mass is 10.00. The SMILES string of the molecule is OC(Cc1ccc(C(F)(F)F)cc1)Cc1ccccc1F. The van der Waals surface area contributed by atoms with Gasteiger partial charge in [-0.1, -0.05) is 30.3 Å². The predicted molar refractivity (Wildman–Crippen MR) is 71.3 cm³/mol. The lowest BCUT2D eigenvalue weighted by molar-refractivity contribution is -0.137. The first-order valence-electron chi connectivity index (χ1n) is 6.44.